The first-order valence-electron chi connectivity index (χ1n) is 7.06. The zero-order valence-corrected chi connectivity index (χ0v) is 12.3. The van der Waals surface area contributed by atoms with Crippen LogP contribution >= 0.6 is 0 Å². The SMILES string of the molecule is C=C(Cc1cc(C)cc(C)c1)NC(CC)CCC. The minimum Gasteiger partial charge on any atom is -0.386 e. The van der Waals surface area contributed by atoms with E-state index in [-0.39, 0.29) is 0 Å². The topological polar surface area (TPSA) is 12.0 Å². The maximum Gasteiger partial charge on any atom is 0.0255 e. The van der Waals surface area contributed by atoms with Crippen LogP contribution in [0.5, 0.6) is 0 Å². The van der Waals surface area contributed by atoms with Crippen molar-refractivity contribution in [3.63, 3.8) is 0 Å². The number of nitrogens with one attached hydrogen (secondary N) is 1. The molecule has 0 heterocycles. The van der Waals surface area contributed by atoms with Crippen molar-refractivity contribution >= 4 is 0 Å². The molecule has 0 saturated heterocycles. The van der Waals surface area contributed by atoms with Gasteiger partial charge in [-0.2, -0.15) is 0 Å². The minimum absolute atomic E-state index is 0.577. The molecule has 1 rings (SSSR count). The summed E-state index contributed by atoms with van der Waals surface area (Å²) in [5, 5.41) is 3.56. The van der Waals surface area contributed by atoms with E-state index in [0.29, 0.717) is 6.04 Å². The maximum atomic E-state index is 4.17. The molecule has 100 valence electrons. The zero-order valence-electron chi connectivity index (χ0n) is 12.3. The predicted molar refractivity (Wildman–Crippen MR) is 80.9 cm³/mol. The Morgan fingerprint density at radius 1 is 1.17 bits per heavy atom. The molecule has 1 nitrogen and oxygen atoms in total. The van der Waals surface area contributed by atoms with Gasteiger partial charge in [-0.05, 0) is 32.3 Å². The average Bonchev–Trinajstić information content (AvgIpc) is 2.26. The van der Waals surface area contributed by atoms with Gasteiger partial charge >= 0.3 is 0 Å². The molecule has 0 aromatic heterocycles. The fraction of sp³-hybridized carbons (Fsp3) is 0.529. The number of benzene rings is 1. The number of allylic oxidation sites excluding steroid dienone is 1. The second-order valence-corrected chi connectivity index (χ2v) is 5.31. The van der Waals surface area contributed by atoms with E-state index in [9.17, 15) is 0 Å². The molecule has 0 saturated carbocycles. The highest BCUT2D eigenvalue weighted by Crippen LogP contribution is 2.13. The van der Waals surface area contributed by atoms with E-state index >= 15 is 0 Å². The molecular weight excluding hydrogens is 218 g/mol. The van der Waals surface area contributed by atoms with Crippen molar-refractivity contribution in [2.24, 2.45) is 0 Å². The highest BCUT2D eigenvalue weighted by atomic mass is 14.9. The van der Waals surface area contributed by atoms with E-state index in [4.69, 9.17) is 0 Å². The Balaban J connectivity index is 2.58. The lowest BCUT2D eigenvalue weighted by molar-refractivity contribution is 0.501. The highest BCUT2D eigenvalue weighted by molar-refractivity contribution is 5.30. The molecule has 0 radical (unpaired) electrons. The Morgan fingerprint density at radius 2 is 1.78 bits per heavy atom. The quantitative estimate of drug-likeness (QED) is 0.744. The van der Waals surface area contributed by atoms with Gasteiger partial charge in [0.2, 0.25) is 0 Å². The van der Waals surface area contributed by atoms with Crippen molar-refractivity contribution < 1.29 is 0 Å². The lowest BCUT2D eigenvalue weighted by Crippen LogP contribution is -2.28. The maximum absolute atomic E-state index is 4.17. The Bertz CT molecular complexity index is 372. The molecule has 1 N–H and O–H groups in total. The summed E-state index contributed by atoms with van der Waals surface area (Å²) in [7, 11) is 0. The van der Waals surface area contributed by atoms with Gasteiger partial charge in [0, 0.05) is 18.2 Å². The first-order valence-corrected chi connectivity index (χ1v) is 7.06. The fourth-order valence-corrected chi connectivity index (χ4v) is 2.48. The molecule has 0 fully saturated rings. The summed E-state index contributed by atoms with van der Waals surface area (Å²) in [6.45, 7) is 12.9. The van der Waals surface area contributed by atoms with Crippen molar-refractivity contribution in [3.8, 4) is 0 Å². The van der Waals surface area contributed by atoms with Gasteiger partial charge in [-0.15, -0.1) is 0 Å². The van der Waals surface area contributed by atoms with E-state index in [2.05, 4.69) is 57.8 Å². The summed E-state index contributed by atoms with van der Waals surface area (Å²) < 4.78 is 0. The van der Waals surface area contributed by atoms with Crippen molar-refractivity contribution in [2.45, 2.75) is 59.4 Å². The molecule has 0 bridgehead atoms. The van der Waals surface area contributed by atoms with Crippen LogP contribution in [0, 0.1) is 13.8 Å². The van der Waals surface area contributed by atoms with Crippen LogP contribution in [0.25, 0.3) is 0 Å². The average molecular weight is 245 g/mol. The third-order valence-electron chi connectivity index (χ3n) is 3.24. The van der Waals surface area contributed by atoms with Crippen LogP contribution in [0.1, 0.15) is 49.8 Å². The van der Waals surface area contributed by atoms with Gasteiger partial charge in [0.25, 0.3) is 0 Å². The molecule has 1 aromatic carbocycles. The van der Waals surface area contributed by atoms with Crippen LogP contribution in [-0.4, -0.2) is 6.04 Å². The molecule has 1 aromatic rings. The standard InChI is InChI=1S/C17H27N/c1-6-8-17(7-2)18-15(5)12-16-10-13(3)9-14(4)11-16/h9-11,17-18H,5-8,12H2,1-4H3. The molecule has 0 spiro atoms. The van der Waals surface area contributed by atoms with Gasteiger partial charge in [0.15, 0.2) is 0 Å². The van der Waals surface area contributed by atoms with E-state index in [1.54, 1.807) is 0 Å². The van der Waals surface area contributed by atoms with Crippen LogP contribution in [-0.2, 0) is 6.42 Å². The Labute approximate surface area is 112 Å². The van der Waals surface area contributed by atoms with E-state index in [0.717, 1.165) is 12.1 Å². The molecule has 1 heteroatoms. The zero-order chi connectivity index (χ0) is 13.5. The fourth-order valence-electron chi connectivity index (χ4n) is 2.48. The molecule has 0 aliphatic carbocycles. The third-order valence-corrected chi connectivity index (χ3v) is 3.24. The number of rotatable bonds is 7. The molecular formula is C17H27N. The molecule has 18 heavy (non-hydrogen) atoms. The summed E-state index contributed by atoms with van der Waals surface area (Å²) in [4.78, 5) is 0. The summed E-state index contributed by atoms with van der Waals surface area (Å²) in [5.41, 5.74) is 5.16. The third kappa shape index (κ3) is 4.95. The second-order valence-electron chi connectivity index (χ2n) is 5.31. The van der Waals surface area contributed by atoms with Gasteiger partial charge in [0.05, 0.1) is 0 Å². The summed E-state index contributed by atoms with van der Waals surface area (Å²) in [6, 6.07) is 7.29. The monoisotopic (exact) mass is 245 g/mol. The lowest BCUT2D eigenvalue weighted by atomic mass is 10.0. The van der Waals surface area contributed by atoms with Crippen LogP contribution in [0.2, 0.25) is 0 Å². The van der Waals surface area contributed by atoms with E-state index in [1.807, 2.05) is 0 Å². The van der Waals surface area contributed by atoms with Crippen LogP contribution in [0.4, 0.5) is 0 Å². The van der Waals surface area contributed by atoms with E-state index in [1.165, 1.54) is 36.0 Å². The summed E-state index contributed by atoms with van der Waals surface area (Å²) >= 11 is 0. The van der Waals surface area contributed by atoms with Crippen molar-refractivity contribution in [3.05, 3.63) is 47.2 Å². The Hall–Kier alpha value is -1.24. The molecule has 1 unspecified atom stereocenters. The predicted octanol–water partition coefficient (Wildman–Crippen LogP) is 4.53. The van der Waals surface area contributed by atoms with Crippen LogP contribution < -0.4 is 5.32 Å². The van der Waals surface area contributed by atoms with E-state index < -0.39 is 0 Å². The Morgan fingerprint density at radius 3 is 2.28 bits per heavy atom. The lowest BCUT2D eigenvalue weighted by Gasteiger charge is -2.19. The van der Waals surface area contributed by atoms with Crippen LogP contribution in [0.3, 0.4) is 0 Å². The largest absolute Gasteiger partial charge is 0.386 e. The van der Waals surface area contributed by atoms with Gasteiger partial charge in [-0.3, -0.25) is 0 Å². The minimum atomic E-state index is 0.577. The van der Waals surface area contributed by atoms with Crippen molar-refractivity contribution in [2.75, 3.05) is 0 Å². The van der Waals surface area contributed by atoms with Gasteiger partial charge in [-0.1, -0.05) is 56.2 Å². The second kappa shape index (κ2) is 7.25. The van der Waals surface area contributed by atoms with Crippen molar-refractivity contribution in [1.29, 1.82) is 0 Å². The number of hydrogen-bond donors (Lipinski definition) is 1. The van der Waals surface area contributed by atoms with Crippen LogP contribution in [0.15, 0.2) is 30.5 Å². The first-order chi connectivity index (χ1) is 8.55. The molecule has 0 aliphatic rings. The first kappa shape index (κ1) is 14.8. The summed E-state index contributed by atoms with van der Waals surface area (Å²) in [6.07, 6.45) is 4.55. The van der Waals surface area contributed by atoms with Gasteiger partial charge in [0.1, 0.15) is 0 Å². The Kier molecular flexibility index (Phi) is 5.97. The smallest absolute Gasteiger partial charge is 0.0255 e. The molecule has 0 amide bonds. The van der Waals surface area contributed by atoms with Gasteiger partial charge < -0.3 is 5.32 Å². The molecule has 0 aliphatic heterocycles. The number of aryl methyl sites for hydroxylation is 2. The normalized spacial score (nSPS) is 12.2. The highest BCUT2D eigenvalue weighted by Gasteiger charge is 2.06. The molecule has 1 atom stereocenters. The summed E-state index contributed by atoms with van der Waals surface area (Å²) in [5.74, 6) is 0. The number of hydrogen-bond acceptors (Lipinski definition) is 1. The van der Waals surface area contributed by atoms with Gasteiger partial charge in [-0.25, -0.2) is 0 Å². The van der Waals surface area contributed by atoms with Crippen molar-refractivity contribution in [1.82, 2.24) is 5.32 Å².